The number of rotatable bonds is 1. The van der Waals surface area contributed by atoms with Gasteiger partial charge in [0.15, 0.2) is 0 Å². The van der Waals surface area contributed by atoms with Crippen LogP contribution in [-0.2, 0) is 4.79 Å². The van der Waals surface area contributed by atoms with E-state index in [1.807, 2.05) is 0 Å². The number of hydrogen-bond acceptors (Lipinski definition) is 5. The zero-order valence-corrected chi connectivity index (χ0v) is 6.35. The minimum Gasteiger partial charge on any atom is -0.383 e. The van der Waals surface area contributed by atoms with Crippen LogP contribution in [0, 0.1) is 0 Å². The fraction of sp³-hybridized carbons (Fsp3) is 0.167. The van der Waals surface area contributed by atoms with Crippen LogP contribution in [0.5, 0.6) is 0 Å². The van der Waals surface area contributed by atoms with Gasteiger partial charge in [-0.05, 0) is 0 Å². The van der Waals surface area contributed by atoms with E-state index in [1.165, 1.54) is 19.2 Å². The van der Waals surface area contributed by atoms with Crippen LogP contribution in [0.3, 0.4) is 0 Å². The van der Waals surface area contributed by atoms with Crippen LogP contribution in [0.15, 0.2) is 17.1 Å². The smallest absolute Gasteiger partial charge is 0.382 e. The fourth-order valence-electron chi connectivity index (χ4n) is 0.613. The third-order valence-corrected chi connectivity index (χ3v) is 1.02. The van der Waals surface area contributed by atoms with Gasteiger partial charge in [0.1, 0.15) is 5.82 Å². The molecule has 0 aliphatic carbocycles. The lowest BCUT2D eigenvalue weighted by Crippen LogP contribution is -2.31. The third-order valence-electron chi connectivity index (χ3n) is 1.02. The van der Waals surface area contributed by atoms with Crippen molar-refractivity contribution in [3.8, 4) is 0 Å². The van der Waals surface area contributed by atoms with Gasteiger partial charge in [0.2, 0.25) is 0 Å². The highest BCUT2D eigenvalue weighted by Crippen LogP contribution is 1.87. The Hall–Kier alpha value is -1.85. The number of anilines is 1. The molecule has 0 aliphatic heterocycles. The molecule has 12 heavy (non-hydrogen) atoms. The molecule has 0 saturated heterocycles. The molecule has 0 atom stereocenters. The van der Waals surface area contributed by atoms with Crippen LogP contribution in [0.2, 0.25) is 0 Å². The molecule has 0 spiro atoms. The van der Waals surface area contributed by atoms with Crippen LogP contribution in [0.4, 0.5) is 5.82 Å². The van der Waals surface area contributed by atoms with E-state index < -0.39 is 11.7 Å². The lowest BCUT2D eigenvalue weighted by atomic mass is 10.6. The lowest BCUT2D eigenvalue weighted by Gasteiger charge is -2.01. The molecule has 0 saturated carbocycles. The standard InChI is InChI=1S/C6H7N3O3/c1-4(10)12-9-3-2-5(7)8-6(9)11/h2-3H,1H3,(H2,7,8,11). The van der Waals surface area contributed by atoms with Crippen LogP contribution in [-0.4, -0.2) is 15.7 Å². The lowest BCUT2D eigenvalue weighted by molar-refractivity contribution is -0.142. The Morgan fingerprint density at radius 2 is 2.42 bits per heavy atom. The van der Waals surface area contributed by atoms with Crippen molar-refractivity contribution in [2.24, 2.45) is 0 Å². The molecule has 6 nitrogen and oxygen atoms in total. The zero-order chi connectivity index (χ0) is 9.14. The molecule has 0 fully saturated rings. The number of nitrogen functional groups attached to an aromatic ring is 1. The summed E-state index contributed by atoms with van der Waals surface area (Å²) in [6.07, 6.45) is 1.23. The molecule has 64 valence electrons. The summed E-state index contributed by atoms with van der Waals surface area (Å²) in [5.41, 5.74) is 4.48. The summed E-state index contributed by atoms with van der Waals surface area (Å²) in [5, 5.41) is 0. The summed E-state index contributed by atoms with van der Waals surface area (Å²) in [4.78, 5) is 29.1. The van der Waals surface area contributed by atoms with Gasteiger partial charge < -0.3 is 10.6 Å². The zero-order valence-electron chi connectivity index (χ0n) is 6.35. The predicted molar refractivity (Wildman–Crippen MR) is 40.2 cm³/mol. The molecule has 6 heteroatoms. The van der Waals surface area contributed by atoms with E-state index in [0.29, 0.717) is 4.73 Å². The first-order valence-corrected chi connectivity index (χ1v) is 3.13. The van der Waals surface area contributed by atoms with Gasteiger partial charge in [-0.1, -0.05) is 0 Å². The van der Waals surface area contributed by atoms with Gasteiger partial charge in [-0.15, -0.1) is 4.73 Å². The van der Waals surface area contributed by atoms with Crippen molar-refractivity contribution < 1.29 is 9.63 Å². The average Bonchev–Trinajstić information content (AvgIpc) is 1.94. The first kappa shape index (κ1) is 8.25. The second kappa shape index (κ2) is 3.04. The van der Waals surface area contributed by atoms with Gasteiger partial charge in [-0.25, -0.2) is 9.59 Å². The predicted octanol–water partition coefficient (Wildman–Crippen LogP) is -1.20. The highest BCUT2D eigenvalue weighted by Gasteiger charge is 1.99. The average molecular weight is 169 g/mol. The van der Waals surface area contributed by atoms with Crippen LogP contribution in [0.25, 0.3) is 0 Å². The number of hydrogen-bond donors (Lipinski definition) is 1. The maximum Gasteiger partial charge on any atom is 0.382 e. The molecule has 0 aliphatic rings. The summed E-state index contributed by atoms with van der Waals surface area (Å²) in [6, 6.07) is 1.35. The Morgan fingerprint density at radius 1 is 1.75 bits per heavy atom. The van der Waals surface area contributed by atoms with Crippen molar-refractivity contribution in [3.63, 3.8) is 0 Å². The summed E-state index contributed by atoms with van der Waals surface area (Å²) < 4.78 is 0.707. The summed E-state index contributed by atoms with van der Waals surface area (Å²) in [5.74, 6) is -0.507. The van der Waals surface area contributed by atoms with E-state index in [9.17, 15) is 9.59 Å². The SMILES string of the molecule is CC(=O)On1ccc(N)nc1=O. The van der Waals surface area contributed by atoms with Crippen molar-refractivity contribution in [2.75, 3.05) is 5.73 Å². The third kappa shape index (κ3) is 1.82. The Balaban J connectivity index is 3.02. The number of carbonyl (C=O) groups is 1. The Labute approximate surface area is 67.5 Å². The highest BCUT2D eigenvalue weighted by atomic mass is 16.7. The van der Waals surface area contributed by atoms with Gasteiger partial charge >= 0.3 is 11.7 Å². The Kier molecular flexibility index (Phi) is 2.09. The number of nitrogens with zero attached hydrogens (tertiary/aromatic N) is 2. The van der Waals surface area contributed by atoms with Gasteiger partial charge in [0.25, 0.3) is 0 Å². The number of carbonyl (C=O) groups excluding carboxylic acids is 1. The molecule has 0 bridgehead atoms. The summed E-state index contributed by atoms with van der Waals surface area (Å²) in [6.45, 7) is 1.18. The molecule has 0 radical (unpaired) electrons. The monoisotopic (exact) mass is 169 g/mol. The number of nitrogens with two attached hydrogens (primary N) is 1. The molecule has 0 amide bonds. The van der Waals surface area contributed by atoms with E-state index in [-0.39, 0.29) is 5.82 Å². The molecule has 1 rings (SSSR count). The van der Waals surface area contributed by atoms with Crippen molar-refractivity contribution >= 4 is 11.8 Å². The van der Waals surface area contributed by atoms with Gasteiger partial charge in [0.05, 0.1) is 6.20 Å². The van der Waals surface area contributed by atoms with Crippen molar-refractivity contribution in [1.29, 1.82) is 0 Å². The second-order valence-electron chi connectivity index (χ2n) is 2.04. The van der Waals surface area contributed by atoms with E-state index in [2.05, 4.69) is 9.82 Å². The quantitative estimate of drug-likeness (QED) is 0.570. The van der Waals surface area contributed by atoms with E-state index >= 15 is 0 Å². The minimum atomic E-state index is -0.717. The number of aromatic nitrogens is 2. The van der Waals surface area contributed by atoms with Crippen molar-refractivity contribution in [3.05, 3.63) is 22.7 Å². The maximum absolute atomic E-state index is 10.9. The van der Waals surface area contributed by atoms with Crippen LogP contribution in [0.1, 0.15) is 6.92 Å². The van der Waals surface area contributed by atoms with Gasteiger partial charge in [0, 0.05) is 13.0 Å². The van der Waals surface area contributed by atoms with E-state index in [0.717, 1.165) is 0 Å². The van der Waals surface area contributed by atoms with Crippen LogP contribution >= 0.6 is 0 Å². The molecule has 1 aromatic rings. The molecular weight excluding hydrogens is 162 g/mol. The minimum absolute atomic E-state index is 0.0865. The maximum atomic E-state index is 10.9. The van der Waals surface area contributed by atoms with Crippen molar-refractivity contribution in [2.45, 2.75) is 6.92 Å². The molecule has 1 heterocycles. The van der Waals surface area contributed by atoms with Gasteiger partial charge in [-0.2, -0.15) is 4.98 Å². The molecular formula is C6H7N3O3. The molecule has 0 unspecified atom stereocenters. The Morgan fingerprint density at radius 3 is 2.92 bits per heavy atom. The fourth-order valence-corrected chi connectivity index (χ4v) is 0.613. The molecule has 2 N–H and O–H groups in total. The van der Waals surface area contributed by atoms with Crippen molar-refractivity contribution in [1.82, 2.24) is 9.71 Å². The first-order chi connectivity index (χ1) is 5.59. The summed E-state index contributed by atoms with van der Waals surface area (Å²) >= 11 is 0. The highest BCUT2D eigenvalue weighted by molar-refractivity contribution is 5.66. The normalized spacial score (nSPS) is 9.42. The first-order valence-electron chi connectivity index (χ1n) is 3.13. The van der Waals surface area contributed by atoms with Gasteiger partial charge in [-0.3, -0.25) is 0 Å². The second-order valence-corrected chi connectivity index (χ2v) is 2.04. The topological polar surface area (TPSA) is 87.2 Å². The summed E-state index contributed by atoms with van der Waals surface area (Å²) in [7, 11) is 0. The largest absolute Gasteiger partial charge is 0.383 e. The van der Waals surface area contributed by atoms with E-state index in [4.69, 9.17) is 5.73 Å². The molecule has 1 aromatic heterocycles. The Bertz CT molecular complexity index is 357. The van der Waals surface area contributed by atoms with E-state index in [1.54, 1.807) is 0 Å². The van der Waals surface area contributed by atoms with Crippen LogP contribution < -0.4 is 16.3 Å². The molecule has 0 aromatic carbocycles.